The monoisotopic (exact) mass is 293 g/mol. The number of carboxylic acids is 1. The third-order valence-corrected chi connectivity index (χ3v) is 4.18. The zero-order chi connectivity index (χ0) is 15.1. The first-order valence-corrected chi connectivity index (χ1v) is 6.64. The molecule has 2 bridgehead atoms. The molecular formula is C15H13F2NO3. The highest BCUT2D eigenvalue weighted by Gasteiger charge is 2.51. The molecule has 1 fully saturated rings. The molecule has 6 heteroatoms. The van der Waals surface area contributed by atoms with Crippen molar-refractivity contribution in [3.63, 3.8) is 0 Å². The predicted molar refractivity (Wildman–Crippen MR) is 70.3 cm³/mol. The van der Waals surface area contributed by atoms with Crippen LogP contribution in [0.15, 0.2) is 30.4 Å². The number of fused-ring (bicyclic) bond motifs is 2. The molecule has 1 aromatic carbocycles. The zero-order valence-corrected chi connectivity index (χ0v) is 10.9. The Hall–Kier alpha value is -2.24. The Balaban J connectivity index is 1.82. The molecule has 3 rings (SSSR count). The Bertz CT molecular complexity index is 624. The van der Waals surface area contributed by atoms with Crippen LogP contribution in [-0.2, 0) is 9.59 Å². The summed E-state index contributed by atoms with van der Waals surface area (Å²) in [7, 11) is 0. The molecule has 2 aliphatic carbocycles. The van der Waals surface area contributed by atoms with Crippen LogP contribution >= 0.6 is 0 Å². The molecule has 0 aromatic heterocycles. The van der Waals surface area contributed by atoms with E-state index in [0.717, 1.165) is 12.1 Å². The first kappa shape index (κ1) is 13.7. The van der Waals surface area contributed by atoms with Crippen molar-refractivity contribution in [2.45, 2.75) is 6.42 Å². The van der Waals surface area contributed by atoms with Gasteiger partial charge in [0.1, 0.15) is 11.6 Å². The van der Waals surface area contributed by atoms with Gasteiger partial charge in [-0.05, 0) is 30.4 Å². The number of aliphatic carboxylic acids is 1. The van der Waals surface area contributed by atoms with Crippen molar-refractivity contribution >= 4 is 17.6 Å². The summed E-state index contributed by atoms with van der Waals surface area (Å²) in [5, 5.41) is 11.7. The number of nitrogens with one attached hydrogen (secondary N) is 1. The van der Waals surface area contributed by atoms with Crippen molar-refractivity contribution < 1.29 is 23.5 Å². The summed E-state index contributed by atoms with van der Waals surface area (Å²) in [5.74, 6) is -4.88. The highest BCUT2D eigenvalue weighted by atomic mass is 19.1. The summed E-state index contributed by atoms with van der Waals surface area (Å²) in [6.07, 6.45) is 4.31. The minimum absolute atomic E-state index is 0.00612. The van der Waals surface area contributed by atoms with Crippen LogP contribution < -0.4 is 5.32 Å². The number of carboxylic acid groups (broad SMARTS) is 1. The summed E-state index contributed by atoms with van der Waals surface area (Å²) >= 11 is 0. The van der Waals surface area contributed by atoms with Crippen molar-refractivity contribution in [1.82, 2.24) is 0 Å². The number of hydrogen-bond donors (Lipinski definition) is 2. The summed E-state index contributed by atoms with van der Waals surface area (Å²) in [4.78, 5) is 23.6. The fraction of sp³-hybridized carbons (Fsp3) is 0.333. The number of benzene rings is 1. The van der Waals surface area contributed by atoms with Gasteiger partial charge < -0.3 is 10.4 Å². The third kappa shape index (κ3) is 2.41. The highest BCUT2D eigenvalue weighted by Crippen LogP contribution is 2.48. The van der Waals surface area contributed by atoms with Crippen LogP contribution in [0.25, 0.3) is 0 Å². The van der Waals surface area contributed by atoms with Crippen LogP contribution in [0.5, 0.6) is 0 Å². The minimum Gasteiger partial charge on any atom is -0.481 e. The maximum Gasteiger partial charge on any atom is 0.307 e. The molecule has 2 unspecified atom stereocenters. The van der Waals surface area contributed by atoms with E-state index in [4.69, 9.17) is 0 Å². The van der Waals surface area contributed by atoms with Crippen LogP contribution in [0.1, 0.15) is 6.42 Å². The number of anilines is 1. The van der Waals surface area contributed by atoms with Crippen LogP contribution in [0.4, 0.5) is 14.5 Å². The average molecular weight is 293 g/mol. The maximum atomic E-state index is 13.1. The molecule has 110 valence electrons. The van der Waals surface area contributed by atoms with Crippen molar-refractivity contribution in [2.75, 3.05) is 5.32 Å². The van der Waals surface area contributed by atoms with Crippen molar-refractivity contribution in [2.24, 2.45) is 23.7 Å². The van der Waals surface area contributed by atoms with Gasteiger partial charge in [-0.2, -0.15) is 0 Å². The molecule has 2 N–H and O–H groups in total. The molecule has 2 aliphatic rings. The molecule has 0 radical (unpaired) electrons. The number of amides is 1. The molecule has 1 amide bonds. The van der Waals surface area contributed by atoms with Gasteiger partial charge in [0.15, 0.2) is 0 Å². The first-order valence-electron chi connectivity index (χ1n) is 6.64. The average Bonchev–Trinajstić information content (AvgIpc) is 2.96. The summed E-state index contributed by atoms with van der Waals surface area (Å²) in [6.45, 7) is 0. The van der Waals surface area contributed by atoms with Crippen molar-refractivity contribution in [3.05, 3.63) is 42.0 Å². The van der Waals surface area contributed by atoms with E-state index in [1.807, 2.05) is 12.2 Å². The first-order chi connectivity index (χ1) is 9.95. The molecule has 0 aliphatic heterocycles. The number of halogens is 2. The summed E-state index contributed by atoms with van der Waals surface area (Å²) in [5.41, 5.74) is -0.00612. The predicted octanol–water partition coefficient (Wildman–Crippen LogP) is 2.43. The maximum absolute atomic E-state index is 13.1. The normalized spacial score (nSPS) is 29.6. The van der Waals surface area contributed by atoms with E-state index < -0.39 is 35.3 Å². The molecular weight excluding hydrogens is 280 g/mol. The standard InChI is InChI=1S/C15H13F2NO3/c16-9-4-10(17)6-11(5-9)18-14(19)12-7-1-2-8(3-7)13(12)15(20)21/h1-2,4-8,12-13H,3H2,(H,18,19)(H,20,21)/t7?,8?,12-,13+/m0/s1. The summed E-state index contributed by atoms with van der Waals surface area (Å²) in [6, 6.07) is 2.70. The Morgan fingerprint density at radius 3 is 2.19 bits per heavy atom. The van der Waals surface area contributed by atoms with Gasteiger partial charge in [-0.15, -0.1) is 0 Å². The number of hydrogen-bond acceptors (Lipinski definition) is 2. The van der Waals surface area contributed by atoms with Crippen LogP contribution in [0.2, 0.25) is 0 Å². The second-order valence-electron chi connectivity index (χ2n) is 5.49. The molecule has 1 aromatic rings. The number of carbonyl (C=O) groups excluding carboxylic acids is 1. The van der Waals surface area contributed by atoms with Crippen LogP contribution in [-0.4, -0.2) is 17.0 Å². The molecule has 1 saturated carbocycles. The summed E-state index contributed by atoms with van der Waals surface area (Å²) < 4.78 is 26.2. The lowest BCUT2D eigenvalue weighted by Crippen LogP contribution is -2.36. The van der Waals surface area contributed by atoms with Gasteiger partial charge in [0.05, 0.1) is 11.8 Å². The Kier molecular flexibility index (Phi) is 3.23. The van der Waals surface area contributed by atoms with Gasteiger partial charge >= 0.3 is 5.97 Å². The number of carbonyl (C=O) groups is 2. The smallest absolute Gasteiger partial charge is 0.307 e. The van der Waals surface area contributed by atoms with Gasteiger partial charge in [0.25, 0.3) is 0 Å². The molecule has 0 heterocycles. The Morgan fingerprint density at radius 2 is 1.62 bits per heavy atom. The van der Waals surface area contributed by atoms with E-state index in [1.54, 1.807) is 0 Å². The fourth-order valence-corrected chi connectivity index (χ4v) is 3.37. The van der Waals surface area contributed by atoms with Crippen molar-refractivity contribution in [1.29, 1.82) is 0 Å². The largest absolute Gasteiger partial charge is 0.481 e. The van der Waals surface area contributed by atoms with Crippen molar-refractivity contribution in [3.8, 4) is 0 Å². The number of rotatable bonds is 3. The number of allylic oxidation sites excluding steroid dienone is 2. The second-order valence-corrected chi connectivity index (χ2v) is 5.49. The Labute approximate surface area is 119 Å². The van der Waals surface area contributed by atoms with Gasteiger partial charge in [0.2, 0.25) is 5.91 Å². The van der Waals surface area contributed by atoms with E-state index in [-0.39, 0.29) is 17.5 Å². The van der Waals surface area contributed by atoms with Gasteiger partial charge in [-0.1, -0.05) is 12.2 Å². The lowest BCUT2D eigenvalue weighted by molar-refractivity contribution is -0.146. The fourth-order valence-electron chi connectivity index (χ4n) is 3.37. The third-order valence-electron chi connectivity index (χ3n) is 4.18. The van der Waals surface area contributed by atoms with E-state index in [0.29, 0.717) is 12.5 Å². The molecule has 21 heavy (non-hydrogen) atoms. The quantitative estimate of drug-likeness (QED) is 0.841. The topological polar surface area (TPSA) is 66.4 Å². The van der Waals surface area contributed by atoms with E-state index in [1.165, 1.54) is 0 Å². The van der Waals surface area contributed by atoms with Gasteiger partial charge in [-0.25, -0.2) is 8.78 Å². The van der Waals surface area contributed by atoms with E-state index in [2.05, 4.69) is 5.32 Å². The molecule has 4 nitrogen and oxygen atoms in total. The van der Waals surface area contributed by atoms with Gasteiger partial charge in [0, 0.05) is 11.8 Å². The van der Waals surface area contributed by atoms with Crippen LogP contribution in [0, 0.1) is 35.3 Å². The lowest BCUT2D eigenvalue weighted by Gasteiger charge is -2.23. The molecule has 0 saturated heterocycles. The zero-order valence-electron chi connectivity index (χ0n) is 10.9. The highest BCUT2D eigenvalue weighted by molar-refractivity contribution is 5.96. The molecule has 4 atom stereocenters. The SMILES string of the molecule is O=C(O)[C@@H]1C2C=CC(C2)[C@@H]1C(=O)Nc1cc(F)cc(F)c1. The molecule has 0 spiro atoms. The second kappa shape index (κ2) is 4.95. The van der Waals surface area contributed by atoms with Crippen LogP contribution in [0.3, 0.4) is 0 Å². The van der Waals surface area contributed by atoms with E-state index >= 15 is 0 Å². The lowest BCUT2D eigenvalue weighted by atomic mass is 9.82. The minimum atomic E-state index is -1.02. The van der Waals surface area contributed by atoms with Gasteiger partial charge in [-0.3, -0.25) is 9.59 Å². The van der Waals surface area contributed by atoms with E-state index in [9.17, 15) is 23.5 Å². The Morgan fingerprint density at radius 1 is 1.05 bits per heavy atom.